The molecule has 36 heavy (non-hydrogen) atoms. The molecule has 3 heterocycles. The molecule has 182 valence electrons. The van der Waals surface area contributed by atoms with Crippen molar-refractivity contribution in [2.45, 2.75) is 0 Å². The number of hydrogen-bond donors (Lipinski definition) is 1. The summed E-state index contributed by atoms with van der Waals surface area (Å²) in [6.45, 7) is 3.64. The van der Waals surface area contributed by atoms with E-state index in [1.807, 2.05) is 48.7 Å². The molecule has 0 radical (unpaired) electrons. The van der Waals surface area contributed by atoms with Gasteiger partial charge in [-0.15, -0.1) is 0 Å². The number of rotatable bonds is 5. The molecule has 0 saturated carbocycles. The maximum atomic E-state index is 13.1. The number of anilines is 3. The summed E-state index contributed by atoms with van der Waals surface area (Å²) in [5.41, 5.74) is 2.42. The summed E-state index contributed by atoms with van der Waals surface area (Å²) in [6.07, 6.45) is 1.83. The number of ether oxygens (including phenoxy) is 3. The highest BCUT2D eigenvalue weighted by Crippen LogP contribution is 2.34. The summed E-state index contributed by atoms with van der Waals surface area (Å²) in [4.78, 5) is 22.4. The molecule has 1 saturated heterocycles. The van der Waals surface area contributed by atoms with Gasteiger partial charge in [0.05, 0.1) is 7.11 Å². The van der Waals surface area contributed by atoms with Crippen molar-refractivity contribution in [1.82, 2.24) is 4.98 Å². The summed E-state index contributed by atoms with van der Waals surface area (Å²) >= 11 is 0. The Morgan fingerprint density at radius 3 is 2.47 bits per heavy atom. The first-order valence-corrected chi connectivity index (χ1v) is 11.9. The van der Waals surface area contributed by atoms with Crippen LogP contribution in [0.1, 0.15) is 10.4 Å². The highest BCUT2D eigenvalue weighted by Gasteiger charge is 2.21. The molecule has 0 aliphatic carbocycles. The summed E-state index contributed by atoms with van der Waals surface area (Å²) in [6, 6.07) is 21.3. The predicted octanol–water partition coefficient (Wildman–Crippen LogP) is 4.55. The van der Waals surface area contributed by atoms with Crippen molar-refractivity contribution < 1.29 is 19.0 Å². The average Bonchev–Trinajstić information content (AvgIpc) is 3.40. The first kappa shape index (κ1) is 22.0. The van der Waals surface area contributed by atoms with Crippen LogP contribution in [0.2, 0.25) is 0 Å². The molecule has 0 spiro atoms. The van der Waals surface area contributed by atoms with Crippen LogP contribution in [-0.2, 0) is 0 Å². The fourth-order valence-corrected chi connectivity index (χ4v) is 4.69. The maximum absolute atomic E-state index is 13.1. The summed E-state index contributed by atoms with van der Waals surface area (Å²) in [7, 11) is 1.68. The second kappa shape index (κ2) is 9.30. The normalized spacial score (nSPS) is 14.7. The van der Waals surface area contributed by atoms with E-state index in [0.717, 1.165) is 48.5 Å². The highest BCUT2D eigenvalue weighted by molar-refractivity contribution is 6.07. The van der Waals surface area contributed by atoms with Gasteiger partial charge in [-0.2, -0.15) is 0 Å². The van der Waals surface area contributed by atoms with Crippen molar-refractivity contribution in [2.75, 3.05) is 55.2 Å². The van der Waals surface area contributed by atoms with Crippen molar-refractivity contribution in [1.29, 1.82) is 0 Å². The lowest BCUT2D eigenvalue weighted by Crippen LogP contribution is -2.46. The lowest BCUT2D eigenvalue weighted by molar-refractivity contribution is 0.102. The van der Waals surface area contributed by atoms with Gasteiger partial charge in [0.2, 0.25) is 6.79 Å². The van der Waals surface area contributed by atoms with E-state index in [1.165, 1.54) is 5.69 Å². The Balaban J connectivity index is 1.20. The Kier molecular flexibility index (Phi) is 5.69. The van der Waals surface area contributed by atoms with Gasteiger partial charge in [-0.3, -0.25) is 4.79 Å². The summed E-state index contributed by atoms with van der Waals surface area (Å²) in [5, 5.41) is 4.98. The van der Waals surface area contributed by atoms with Gasteiger partial charge < -0.3 is 29.3 Å². The van der Waals surface area contributed by atoms with Gasteiger partial charge in [0.1, 0.15) is 11.6 Å². The number of hydrogen-bond acceptors (Lipinski definition) is 7. The van der Waals surface area contributed by atoms with Gasteiger partial charge in [0.25, 0.3) is 5.91 Å². The van der Waals surface area contributed by atoms with E-state index in [-0.39, 0.29) is 12.7 Å². The zero-order chi connectivity index (χ0) is 24.5. The van der Waals surface area contributed by atoms with Crippen LogP contribution in [0.25, 0.3) is 10.8 Å². The number of aromatic nitrogens is 1. The molecule has 1 amide bonds. The van der Waals surface area contributed by atoms with Gasteiger partial charge >= 0.3 is 0 Å². The van der Waals surface area contributed by atoms with E-state index < -0.39 is 0 Å². The molecule has 6 rings (SSSR count). The molecule has 0 atom stereocenters. The summed E-state index contributed by atoms with van der Waals surface area (Å²) < 4.78 is 16.0. The number of piperazine rings is 1. The number of nitrogens with one attached hydrogen (secondary N) is 1. The lowest BCUT2D eigenvalue weighted by atomic mass is 10.1. The zero-order valence-corrected chi connectivity index (χ0v) is 19.9. The maximum Gasteiger partial charge on any atom is 0.255 e. The van der Waals surface area contributed by atoms with E-state index in [2.05, 4.69) is 27.2 Å². The van der Waals surface area contributed by atoms with Crippen molar-refractivity contribution in [3.05, 3.63) is 78.5 Å². The molecule has 2 aliphatic heterocycles. The minimum atomic E-state index is -0.185. The lowest BCUT2D eigenvalue weighted by Gasteiger charge is -2.37. The third-order valence-electron chi connectivity index (χ3n) is 6.65. The largest absolute Gasteiger partial charge is 0.497 e. The van der Waals surface area contributed by atoms with E-state index in [4.69, 9.17) is 19.2 Å². The van der Waals surface area contributed by atoms with Crippen LogP contribution in [0, 0.1) is 0 Å². The molecule has 8 nitrogen and oxygen atoms in total. The third kappa shape index (κ3) is 4.22. The number of fused-ring (bicyclic) bond motifs is 2. The molecule has 2 aliphatic rings. The molecule has 0 unspecified atom stereocenters. The fraction of sp³-hybridized carbons (Fsp3) is 0.214. The average molecular weight is 483 g/mol. The molecular formula is C28H26N4O4. The number of pyridine rings is 1. The van der Waals surface area contributed by atoms with Crippen LogP contribution in [-0.4, -0.2) is 51.0 Å². The standard InChI is InChI=1S/C28H26N4O4/c1-34-23-7-5-22(6-8-23)31-12-14-32(15-13-31)27-24-16-20(3-2-19(24)10-11-29-27)28(33)30-21-4-9-25-26(17-21)36-18-35-25/h2-11,16-17H,12-15,18H2,1H3,(H,30,33). The van der Waals surface area contributed by atoms with Crippen LogP contribution >= 0.6 is 0 Å². The number of benzene rings is 3. The van der Waals surface area contributed by atoms with Gasteiger partial charge in [-0.1, -0.05) is 6.07 Å². The number of amides is 1. The molecule has 8 heteroatoms. The van der Waals surface area contributed by atoms with Gasteiger partial charge in [0.15, 0.2) is 11.5 Å². The van der Waals surface area contributed by atoms with Crippen molar-refractivity contribution in [2.24, 2.45) is 0 Å². The Hall–Kier alpha value is -4.46. The molecule has 4 aromatic rings. The molecule has 1 fully saturated rings. The molecule has 3 aromatic carbocycles. The number of methoxy groups -OCH3 is 1. The Bertz CT molecular complexity index is 1420. The Labute approximate surface area is 209 Å². The van der Waals surface area contributed by atoms with Crippen LogP contribution in [0.5, 0.6) is 17.2 Å². The smallest absolute Gasteiger partial charge is 0.255 e. The van der Waals surface area contributed by atoms with Gasteiger partial charge in [-0.25, -0.2) is 4.98 Å². The van der Waals surface area contributed by atoms with Gasteiger partial charge in [0, 0.05) is 60.8 Å². The second-order valence-corrected chi connectivity index (χ2v) is 8.76. The van der Waals surface area contributed by atoms with E-state index in [1.54, 1.807) is 19.2 Å². The van der Waals surface area contributed by atoms with E-state index in [0.29, 0.717) is 22.7 Å². The van der Waals surface area contributed by atoms with Crippen LogP contribution in [0.3, 0.4) is 0 Å². The van der Waals surface area contributed by atoms with Crippen molar-refractivity contribution >= 4 is 33.9 Å². The van der Waals surface area contributed by atoms with Crippen LogP contribution in [0.15, 0.2) is 72.9 Å². The molecule has 0 bridgehead atoms. The van der Waals surface area contributed by atoms with Crippen molar-refractivity contribution in [3.8, 4) is 17.2 Å². The number of nitrogens with zero attached hydrogens (tertiary/aromatic N) is 3. The fourth-order valence-electron chi connectivity index (χ4n) is 4.69. The third-order valence-corrected chi connectivity index (χ3v) is 6.65. The molecule has 1 aromatic heterocycles. The minimum absolute atomic E-state index is 0.185. The van der Waals surface area contributed by atoms with E-state index in [9.17, 15) is 4.79 Å². The topological polar surface area (TPSA) is 76.2 Å². The first-order chi connectivity index (χ1) is 17.7. The van der Waals surface area contributed by atoms with E-state index >= 15 is 0 Å². The predicted molar refractivity (Wildman–Crippen MR) is 140 cm³/mol. The monoisotopic (exact) mass is 482 g/mol. The van der Waals surface area contributed by atoms with Gasteiger partial charge in [-0.05, 0) is 60.0 Å². The Morgan fingerprint density at radius 2 is 1.67 bits per heavy atom. The van der Waals surface area contributed by atoms with Crippen molar-refractivity contribution in [3.63, 3.8) is 0 Å². The highest BCUT2D eigenvalue weighted by atomic mass is 16.7. The minimum Gasteiger partial charge on any atom is -0.497 e. The molecular weight excluding hydrogens is 456 g/mol. The second-order valence-electron chi connectivity index (χ2n) is 8.76. The number of carbonyl (C=O) groups is 1. The summed E-state index contributed by atoms with van der Waals surface area (Å²) in [5.74, 6) is 2.89. The quantitative estimate of drug-likeness (QED) is 0.447. The SMILES string of the molecule is COc1ccc(N2CCN(c3nccc4ccc(C(=O)Nc5ccc6c(c5)OCO6)cc34)CC2)cc1. The number of carbonyl (C=O) groups excluding carboxylic acids is 1. The van der Waals surface area contributed by atoms with Crippen LogP contribution < -0.4 is 29.3 Å². The zero-order valence-electron chi connectivity index (χ0n) is 19.9. The first-order valence-electron chi connectivity index (χ1n) is 11.9. The Morgan fingerprint density at radius 1 is 0.889 bits per heavy atom. The van der Waals surface area contributed by atoms with Crippen LogP contribution in [0.4, 0.5) is 17.2 Å². The molecule has 1 N–H and O–H groups in total.